The molecule has 9 heteroatoms. The van der Waals surface area contributed by atoms with Gasteiger partial charge in [-0.15, -0.1) is 0 Å². The first-order chi connectivity index (χ1) is 12.9. The lowest BCUT2D eigenvalue weighted by Crippen LogP contribution is -2.39. The van der Waals surface area contributed by atoms with E-state index >= 15 is 0 Å². The molecular weight excluding hydrogens is 376 g/mol. The van der Waals surface area contributed by atoms with Crippen LogP contribution < -0.4 is 0 Å². The van der Waals surface area contributed by atoms with Gasteiger partial charge in [0, 0.05) is 0 Å². The predicted molar refractivity (Wildman–Crippen MR) is 91.1 cm³/mol. The Morgan fingerprint density at radius 1 is 0.741 bits per heavy atom. The molecule has 0 saturated carbocycles. The number of benzene rings is 2. The zero-order chi connectivity index (χ0) is 19.3. The average molecular weight is 392 g/mol. The zero-order valence-electron chi connectivity index (χ0n) is 14.0. The Morgan fingerprint density at radius 2 is 1.11 bits per heavy atom. The molecular formula is C18H16O8S. The van der Waals surface area contributed by atoms with Crippen LogP contribution >= 0.6 is 0 Å². The van der Waals surface area contributed by atoms with Crippen LogP contribution in [0.5, 0.6) is 0 Å². The fourth-order valence-electron chi connectivity index (χ4n) is 2.32. The fraction of sp³-hybridized carbons (Fsp3) is 0.222. The molecule has 1 aliphatic heterocycles. The molecule has 0 bridgehead atoms. The molecule has 27 heavy (non-hydrogen) atoms. The standard InChI is InChI=1S/C18H16O8S/c19-17(23-11-13-7-3-1-4-8-13)15-16(26-27(21,22)25-15)18(20)24-12-14-9-5-2-6-10-14/h1-10,15-16H,11-12H2/t15-,16?/m1/s1. The van der Waals surface area contributed by atoms with Crippen LogP contribution in [0.1, 0.15) is 11.1 Å². The van der Waals surface area contributed by atoms with E-state index in [4.69, 9.17) is 9.47 Å². The van der Waals surface area contributed by atoms with Gasteiger partial charge < -0.3 is 9.47 Å². The molecule has 0 aromatic heterocycles. The molecule has 2 atom stereocenters. The van der Waals surface area contributed by atoms with Crippen molar-refractivity contribution in [2.75, 3.05) is 0 Å². The van der Waals surface area contributed by atoms with Crippen molar-refractivity contribution in [1.82, 2.24) is 0 Å². The lowest BCUT2D eigenvalue weighted by Gasteiger charge is -2.13. The minimum absolute atomic E-state index is 0.106. The Kier molecular flexibility index (Phi) is 5.84. The molecule has 0 N–H and O–H groups in total. The summed E-state index contributed by atoms with van der Waals surface area (Å²) >= 11 is 0. The Hall–Kier alpha value is -2.75. The first kappa shape index (κ1) is 19.0. The summed E-state index contributed by atoms with van der Waals surface area (Å²) < 4.78 is 42.3. The summed E-state index contributed by atoms with van der Waals surface area (Å²) in [4.78, 5) is 24.4. The van der Waals surface area contributed by atoms with Gasteiger partial charge in [-0.05, 0) is 11.1 Å². The number of hydrogen-bond donors (Lipinski definition) is 0. The summed E-state index contributed by atoms with van der Waals surface area (Å²) in [6, 6.07) is 17.5. The maximum atomic E-state index is 12.2. The fourth-order valence-corrected chi connectivity index (χ4v) is 3.24. The molecule has 1 saturated heterocycles. The minimum Gasteiger partial charge on any atom is -0.459 e. The van der Waals surface area contributed by atoms with Crippen LogP contribution in [0.25, 0.3) is 0 Å². The van der Waals surface area contributed by atoms with E-state index in [0.717, 1.165) is 0 Å². The van der Waals surface area contributed by atoms with Crippen LogP contribution in [0.2, 0.25) is 0 Å². The summed E-state index contributed by atoms with van der Waals surface area (Å²) in [7, 11) is -4.50. The van der Waals surface area contributed by atoms with Crippen LogP contribution in [0.4, 0.5) is 0 Å². The summed E-state index contributed by atoms with van der Waals surface area (Å²) in [6.07, 6.45) is -3.52. The van der Waals surface area contributed by atoms with Gasteiger partial charge in [-0.1, -0.05) is 60.7 Å². The van der Waals surface area contributed by atoms with Gasteiger partial charge in [0.2, 0.25) is 12.2 Å². The van der Waals surface area contributed by atoms with Crippen molar-refractivity contribution in [3.63, 3.8) is 0 Å². The molecule has 1 unspecified atom stereocenters. The van der Waals surface area contributed by atoms with Gasteiger partial charge in [0.05, 0.1) is 0 Å². The summed E-state index contributed by atoms with van der Waals surface area (Å²) in [5, 5.41) is 0. The third kappa shape index (κ3) is 5.13. The van der Waals surface area contributed by atoms with E-state index in [-0.39, 0.29) is 13.2 Å². The SMILES string of the molecule is O=C(OCc1ccccc1)C1OS(=O)(=O)O[C@H]1C(=O)OCc1ccccc1. The molecule has 2 aromatic carbocycles. The molecule has 0 spiro atoms. The highest BCUT2D eigenvalue weighted by Crippen LogP contribution is 2.24. The molecule has 0 radical (unpaired) electrons. The van der Waals surface area contributed by atoms with Gasteiger partial charge in [0.15, 0.2) is 0 Å². The quantitative estimate of drug-likeness (QED) is 0.681. The van der Waals surface area contributed by atoms with E-state index in [9.17, 15) is 18.0 Å². The molecule has 142 valence electrons. The number of hydrogen-bond acceptors (Lipinski definition) is 8. The van der Waals surface area contributed by atoms with Crippen molar-refractivity contribution in [3.05, 3.63) is 71.8 Å². The number of carbonyl (C=O) groups is 2. The smallest absolute Gasteiger partial charge is 0.401 e. The van der Waals surface area contributed by atoms with E-state index in [2.05, 4.69) is 8.37 Å². The Balaban J connectivity index is 1.63. The van der Waals surface area contributed by atoms with E-state index in [0.29, 0.717) is 11.1 Å². The first-order valence-electron chi connectivity index (χ1n) is 7.97. The first-order valence-corrected chi connectivity index (χ1v) is 9.30. The second-order valence-electron chi connectivity index (χ2n) is 5.63. The van der Waals surface area contributed by atoms with Gasteiger partial charge in [-0.25, -0.2) is 18.0 Å². The number of carbonyl (C=O) groups excluding carboxylic acids is 2. The molecule has 0 aliphatic carbocycles. The highest BCUT2D eigenvalue weighted by Gasteiger charge is 2.50. The number of ether oxygens (including phenoxy) is 2. The van der Waals surface area contributed by atoms with E-state index in [1.54, 1.807) is 60.7 Å². The van der Waals surface area contributed by atoms with E-state index < -0.39 is 34.5 Å². The highest BCUT2D eigenvalue weighted by atomic mass is 32.3. The molecule has 3 rings (SSSR count). The average Bonchev–Trinajstić information content (AvgIpc) is 3.01. The Bertz CT molecular complexity index is 826. The number of esters is 2. The van der Waals surface area contributed by atoms with Gasteiger partial charge in [0.1, 0.15) is 13.2 Å². The summed E-state index contributed by atoms with van der Waals surface area (Å²) in [6.45, 7) is -0.212. The van der Waals surface area contributed by atoms with Crippen LogP contribution in [0, 0.1) is 0 Å². The van der Waals surface area contributed by atoms with Gasteiger partial charge in [0.25, 0.3) is 0 Å². The van der Waals surface area contributed by atoms with E-state index in [1.165, 1.54) is 0 Å². The van der Waals surface area contributed by atoms with Crippen LogP contribution in [-0.2, 0) is 51.0 Å². The number of rotatable bonds is 6. The van der Waals surface area contributed by atoms with Crippen molar-refractivity contribution >= 4 is 22.3 Å². The monoisotopic (exact) mass is 392 g/mol. The third-order valence-corrected chi connectivity index (χ3v) is 4.52. The van der Waals surface area contributed by atoms with Gasteiger partial charge in [-0.3, -0.25) is 0 Å². The largest absolute Gasteiger partial charge is 0.459 e. The maximum Gasteiger partial charge on any atom is 0.401 e. The van der Waals surface area contributed by atoms with Crippen molar-refractivity contribution in [3.8, 4) is 0 Å². The minimum atomic E-state index is -4.50. The van der Waals surface area contributed by atoms with Gasteiger partial charge >= 0.3 is 22.3 Å². The Labute approximate surface area is 155 Å². The zero-order valence-corrected chi connectivity index (χ0v) is 14.8. The molecule has 1 fully saturated rings. The van der Waals surface area contributed by atoms with Crippen molar-refractivity contribution in [2.45, 2.75) is 25.4 Å². The van der Waals surface area contributed by atoms with Crippen LogP contribution in [0.3, 0.4) is 0 Å². The molecule has 0 amide bonds. The summed E-state index contributed by atoms with van der Waals surface area (Å²) in [5.41, 5.74) is 1.38. The van der Waals surface area contributed by atoms with Crippen molar-refractivity contribution in [1.29, 1.82) is 0 Å². The maximum absolute atomic E-state index is 12.2. The van der Waals surface area contributed by atoms with Crippen molar-refractivity contribution in [2.24, 2.45) is 0 Å². The Morgan fingerprint density at radius 3 is 1.48 bits per heavy atom. The van der Waals surface area contributed by atoms with Crippen LogP contribution in [0.15, 0.2) is 60.7 Å². The lowest BCUT2D eigenvalue weighted by molar-refractivity contribution is -0.165. The predicted octanol–water partition coefficient (Wildman–Crippen LogP) is 1.50. The van der Waals surface area contributed by atoms with Crippen LogP contribution in [-0.4, -0.2) is 32.6 Å². The second kappa shape index (κ2) is 8.30. The van der Waals surface area contributed by atoms with E-state index in [1.807, 2.05) is 0 Å². The second-order valence-corrected chi connectivity index (χ2v) is 6.83. The van der Waals surface area contributed by atoms with Gasteiger partial charge in [-0.2, -0.15) is 8.42 Å². The topological polar surface area (TPSA) is 105 Å². The van der Waals surface area contributed by atoms with Crippen molar-refractivity contribution < 1.29 is 35.8 Å². The molecule has 1 heterocycles. The normalized spacial score (nSPS) is 20.7. The highest BCUT2D eigenvalue weighted by molar-refractivity contribution is 7.82. The molecule has 1 aliphatic rings. The lowest BCUT2D eigenvalue weighted by atomic mass is 10.2. The molecule has 8 nitrogen and oxygen atoms in total. The third-order valence-electron chi connectivity index (χ3n) is 3.63. The summed E-state index contributed by atoms with van der Waals surface area (Å²) in [5.74, 6) is -2.08. The molecule has 2 aromatic rings.